The average Bonchev–Trinajstić information content (AvgIpc) is 3.27. The maximum absolute atomic E-state index is 12.6. The first-order chi connectivity index (χ1) is 15.4. The fourth-order valence-electron chi connectivity index (χ4n) is 4.22. The highest BCUT2D eigenvalue weighted by Gasteiger charge is 2.22. The van der Waals surface area contributed by atoms with E-state index in [4.69, 9.17) is 9.47 Å². The van der Waals surface area contributed by atoms with Crippen molar-refractivity contribution in [1.29, 1.82) is 0 Å². The third-order valence-corrected chi connectivity index (χ3v) is 6.20. The molecule has 0 radical (unpaired) electrons. The number of phenols is 1. The summed E-state index contributed by atoms with van der Waals surface area (Å²) >= 11 is 0. The highest BCUT2D eigenvalue weighted by Crippen LogP contribution is 2.34. The van der Waals surface area contributed by atoms with E-state index in [1.165, 1.54) is 12.8 Å². The van der Waals surface area contributed by atoms with Crippen molar-refractivity contribution in [3.05, 3.63) is 52.6 Å². The van der Waals surface area contributed by atoms with E-state index < -0.39 is 5.97 Å². The van der Waals surface area contributed by atoms with Gasteiger partial charge in [-0.1, -0.05) is 31.7 Å². The number of ketones is 1. The number of carbonyl (C=O) groups is 2. The van der Waals surface area contributed by atoms with Crippen LogP contribution in [0.4, 0.5) is 0 Å². The van der Waals surface area contributed by atoms with Gasteiger partial charge in [-0.25, -0.2) is 4.79 Å². The minimum Gasteiger partial charge on any atom is -0.507 e. The minimum absolute atomic E-state index is 0.00320. The first kappa shape index (κ1) is 23.6. The molecule has 1 fully saturated rings. The van der Waals surface area contributed by atoms with Crippen LogP contribution in [-0.2, 0) is 0 Å². The number of phenolic OH excluding ortho intramolecular Hbond substituents is 1. The quantitative estimate of drug-likeness (QED) is 0.343. The Morgan fingerprint density at radius 2 is 1.53 bits per heavy atom. The van der Waals surface area contributed by atoms with Gasteiger partial charge < -0.3 is 19.7 Å². The second-order valence-corrected chi connectivity index (χ2v) is 8.50. The molecule has 1 saturated carbocycles. The molecule has 6 heteroatoms. The van der Waals surface area contributed by atoms with Crippen LogP contribution in [-0.4, -0.2) is 35.2 Å². The van der Waals surface area contributed by atoms with Gasteiger partial charge >= 0.3 is 5.97 Å². The molecule has 0 atom stereocenters. The number of carboxylic acid groups (broad SMARTS) is 1. The maximum Gasteiger partial charge on any atom is 0.336 e. The predicted octanol–water partition coefficient (Wildman–Crippen LogP) is 5.71. The average molecular weight is 441 g/mol. The molecule has 1 aliphatic carbocycles. The van der Waals surface area contributed by atoms with Crippen molar-refractivity contribution in [2.24, 2.45) is 5.92 Å². The second kappa shape index (κ2) is 11.0. The zero-order valence-corrected chi connectivity index (χ0v) is 18.9. The standard InChI is InChI=1S/C26H32O6/c1-17-20(26(29)30)10-7-11-23(17)31-14-5-6-15-32-24-13-12-21(25(28)18(24)2)22(27)16-19-8-3-4-9-19/h7,10-13,19,28H,3-6,8-9,14-16H2,1-2H3,(H,29,30). The molecule has 0 saturated heterocycles. The van der Waals surface area contributed by atoms with Crippen LogP contribution in [0.25, 0.3) is 0 Å². The van der Waals surface area contributed by atoms with Crippen molar-refractivity contribution < 1.29 is 29.3 Å². The molecule has 3 rings (SSSR count). The molecule has 0 unspecified atom stereocenters. The van der Waals surface area contributed by atoms with Gasteiger partial charge in [-0.05, 0) is 56.9 Å². The number of Topliss-reactive ketones (excluding diaryl/α,β-unsaturated/α-hetero) is 1. The van der Waals surface area contributed by atoms with Crippen LogP contribution >= 0.6 is 0 Å². The first-order valence-corrected chi connectivity index (χ1v) is 11.3. The summed E-state index contributed by atoms with van der Waals surface area (Å²) in [6.45, 7) is 4.40. The van der Waals surface area contributed by atoms with E-state index in [0.29, 0.717) is 53.7 Å². The summed E-state index contributed by atoms with van der Waals surface area (Å²) in [7, 11) is 0. The van der Waals surface area contributed by atoms with Gasteiger partial charge in [-0.2, -0.15) is 0 Å². The van der Waals surface area contributed by atoms with Crippen LogP contribution in [0.1, 0.15) is 76.8 Å². The van der Waals surface area contributed by atoms with Crippen molar-refractivity contribution in [2.45, 2.75) is 58.8 Å². The van der Waals surface area contributed by atoms with Gasteiger partial charge in [0.15, 0.2) is 5.78 Å². The third kappa shape index (κ3) is 5.81. The molecule has 2 aromatic carbocycles. The summed E-state index contributed by atoms with van der Waals surface area (Å²) in [5.74, 6) is 0.642. The number of hydrogen-bond acceptors (Lipinski definition) is 5. The summed E-state index contributed by atoms with van der Waals surface area (Å²) in [6.07, 6.45) is 6.55. The number of aromatic hydroxyl groups is 1. The zero-order chi connectivity index (χ0) is 23.1. The number of ether oxygens (including phenoxy) is 2. The van der Waals surface area contributed by atoms with Gasteiger partial charge in [0.1, 0.15) is 17.2 Å². The molecule has 0 amide bonds. The van der Waals surface area contributed by atoms with Crippen LogP contribution < -0.4 is 9.47 Å². The zero-order valence-electron chi connectivity index (χ0n) is 18.9. The largest absolute Gasteiger partial charge is 0.507 e. The van der Waals surface area contributed by atoms with Crippen molar-refractivity contribution in [3.8, 4) is 17.2 Å². The van der Waals surface area contributed by atoms with E-state index in [2.05, 4.69) is 0 Å². The van der Waals surface area contributed by atoms with Gasteiger partial charge in [-0.15, -0.1) is 0 Å². The van der Waals surface area contributed by atoms with Gasteiger partial charge in [0.2, 0.25) is 0 Å². The Kier molecular flexibility index (Phi) is 8.14. The van der Waals surface area contributed by atoms with Crippen LogP contribution in [0, 0.1) is 19.8 Å². The number of hydrogen-bond donors (Lipinski definition) is 2. The highest BCUT2D eigenvalue weighted by molar-refractivity contribution is 5.99. The van der Waals surface area contributed by atoms with Gasteiger partial charge in [-0.3, -0.25) is 4.79 Å². The summed E-state index contributed by atoms with van der Waals surface area (Å²) < 4.78 is 11.5. The molecule has 1 aliphatic rings. The molecule has 172 valence electrons. The van der Waals surface area contributed by atoms with Gasteiger partial charge in [0.25, 0.3) is 0 Å². The Morgan fingerprint density at radius 3 is 2.16 bits per heavy atom. The van der Waals surface area contributed by atoms with E-state index >= 15 is 0 Å². The number of unbranched alkanes of at least 4 members (excludes halogenated alkanes) is 1. The Labute approximate surface area is 189 Å². The summed E-state index contributed by atoms with van der Waals surface area (Å²) in [6, 6.07) is 8.42. The SMILES string of the molecule is Cc1c(OCCCCOc2ccc(C(=O)CC3CCCC3)c(O)c2C)cccc1C(=O)O. The maximum atomic E-state index is 12.6. The second-order valence-electron chi connectivity index (χ2n) is 8.50. The monoisotopic (exact) mass is 440 g/mol. The molecule has 6 nitrogen and oxygen atoms in total. The van der Waals surface area contributed by atoms with Gasteiger partial charge in [0.05, 0.1) is 24.3 Å². The van der Waals surface area contributed by atoms with Crippen molar-refractivity contribution >= 4 is 11.8 Å². The van der Waals surface area contributed by atoms with Crippen LogP contribution in [0.2, 0.25) is 0 Å². The van der Waals surface area contributed by atoms with Crippen molar-refractivity contribution in [1.82, 2.24) is 0 Å². The third-order valence-electron chi connectivity index (χ3n) is 6.20. The lowest BCUT2D eigenvalue weighted by atomic mass is 9.95. The van der Waals surface area contributed by atoms with Gasteiger partial charge in [0, 0.05) is 17.5 Å². The van der Waals surface area contributed by atoms with E-state index in [0.717, 1.165) is 25.7 Å². The normalized spacial score (nSPS) is 13.8. The van der Waals surface area contributed by atoms with Crippen LogP contribution in [0.5, 0.6) is 17.2 Å². The van der Waals surface area contributed by atoms with E-state index in [-0.39, 0.29) is 17.1 Å². The Balaban J connectivity index is 1.45. The van der Waals surface area contributed by atoms with E-state index in [9.17, 15) is 19.8 Å². The Morgan fingerprint density at radius 1 is 0.906 bits per heavy atom. The number of carboxylic acids is 1. The molecular formula is C26H32O6. The summed E-state index contributed by atoms with van der Waals surface area (Å²) in [5.41, 5.74) is 1.82. The number of carbonyl (C=O) groups excluding carboxylic acids is 1. The highest BCUT2D eigenvalue weighted by atomic mass is 16.5. The van der Waals surface area contributed by atoms with Crippen LogP contribution in [0.3, 0.4) is 0 Å². The van der Waals surface area contributed by atoms with E-state index in [1.807, 2.05) is 0 Å². The fourth-order valence-corrected chi connectivity index (χ4v) is 4.22. The molecule has 0 aliphatic heterocycles. The molecule has 32 heavy (non-hydrogen) atoms. The molecule has 0 aromatic heterocycles. The Hall–Kier alpha value is -3.02. The smallest absolute Gasteiger partial charge is 0.336 e. The fraction of sp³-hybridized carbons (Fsp3) is 0.462. The Bertz CT molecular complexity index is 959. The molecule has 0 heterocycles. The van der Waals surface area contributed by atoms with E-state index in [1.54, 1.807) is 44.2 Å². The lowest BCUT2D eigenvalue weighted by Gasteiger charge is -2.14. The number of aromatic carboxylic acids is 1. The number of benzene rings is 2. The predicted molar refractivity (Wildman–Crippen MR) is 122 cm³/mol. The molecule has 2 aromatic rings. The molecule has 0 bridgehead atoms. The molecule has 2 N–H and O–H groups in total. The lowest BCUT2D eigenvalue weighted by Crippen LogP contribution is -2.08. The number of rotatable bonds is 11. The lowest BCUT2D eigenvalue weighted by molar-refractivity contribution is 0.0695. The van der Waals surface area contributed by atoms with Crippen molar-refractivity contribution in [2.75, 3.05) is 13.2 Å². The topological polar surface area (TPSA) is 93.1 Å². The molecule has 0 spiro atoms. The minimum atomic E-state index is -0.966. The molecular weight excluding hydrogens is 408 g/mol. The van der Waals surface area contributed by atoms with Crippen molar-refractivity contribution in [3.63, 3.8) is 0 Å². The first-order valence-electron chi connectivity index (χ1n) is 11.3. The van der Waals surface area contributed by atoms with Crippen LogP contribution in [0.15, 0.2) is 30.3 Å². The summed E-state index contributed by atoms with van der Waals surface area (Å²) in [5, 5.41) is 19.7. The summed E-state index contributed by atoms with van der Waals surface area (Å²) in [4.78, 5) is 23.8.